The van der Waals surface area contributed by atoms with Crippen molar-refractivity contribution in [3.05, 3.63) is 89.5 Å². The maximum absolute atomic E-state index is 13.1. The van der Waals surface area contributed by atoms with Crippen molar-refractivity contribution in [2.45, 2.75) is 23.9 Å². The molecule has 3 rings (SSSR count). The molecule has 0 bridgehead atoms. The molecule has 3 aromatic carbocycles. The molecule has 0 spiro atoms. The van der Waals surface area contributed by atoms with E-state index in [1.165, 1.54) is 30.3 Å². The predicted octanol–water partition coefficient (Wildman–Crippen LogP) is 2.67. The highest BCUT2D eigenvalue weighted by atomic mass is 32.2. The Morgan fingerprint density at radius 3 is 2.26 bits per heavy atom. The van der Waals surface area contributed by atoms with Crippen molar-refractivity contribution < 1.29 is 42.1 Å². The van der Waals surface area contributed by atoms with Crippen LogP contribution in [0.1, 0.15) is 33.9 Å². The smallest absolute Gasteiger partial charge is 0.343 e. The molecule has 206 valence electrons. The minimum absolute atomic E-state index is 0.0230. The van der Waals surface area contributed by atoms with Gasteiger partial charge in [-0.05, 0) is 47.5 Å². The highest BCUT2D eigenvalue weighted by Crippen LogP contribution is 2.27. The van der Waals surface area contributed by atoms with E-state index < -0.39 is 40.5 Å². The van der Waals surface area contributed by atoms with Gasteiger partial charge in [0.1, 0.15) is 17.1 Å². The molecule has 0 fully saturated rings. The molecule has 0 heterocycles. The molecule has 0 radical (unpaired) electrons. The standard InChI is InChI=1S/C27H28N2O9S/c1-36-20-11-8-18(9-12-20)16-28-25(30)15-23(29-39(34,35)21-6-4-3-5-7-21)19-10-13-24(22(14-19)27(32)33)38-17-26(31)37-2/h3-14,23,29H,15-17H2,1-2H3,(H,28,30)(H,32,33). The van der Waals surface area contributed by atoms with E-state index in [-0.39, 0.29) is 34.7 Å². The number of ether oxygens (including phenoxy) is 3. The first kappa shape index (κ1) is 29.1. The van der Waals surface area contributed by atoms with Gasteiger partial charge >= 0.3 is 11.9 Å². The lowest BCUT2D eigenvalue weighted by Gasteiger charge is -2.20. The second kappa shape index (κ2) is 13.4. The highest BCUT2D eigenvalue weighted by molar-refractivity contribution is 7.89. The second-order valence-electron chi connectivity index (χ2n) is 8.24. The van der Waals surface area contributed by atoms with Gasteiger partial charge in [-0.2, -0.15) is 0 Å². The summed E-state index contributed by atoms with van der Waals surface area (Å²) in [6, 6.07) is 17.4. The van der Waals surface area contributed by atoms with Gasteiger partial charge in [0.05, 0.1) is 25.2 Å². The van der Waals surface area contributed by atoms with E-state index in [9.17, 15) is 27.9 Å². The Balaban J connectivity index is 1.87. The fraction of sp³-hybridized carbons (Fsp3) is 0.222. The van der Waals surface area contributed by atoms with Crippen molar-refractivity contribution in [1.82, 2.24) is 10.0 Å². The number of hydrogen-bond acceptors (Lipinski definition) is 8. The van der Waals surface area contributed by atoms with Crippen LogP contribution in [0.5, 0.6) is 11.5 Å². The lowest BCUT2D eigenvalue weighted by molar-refractivity contribution is -0.143. The summed E-state index contributed by atoms with van der Waals surface area (Å²) in [6.07, 6.45) is -0.330. The van der Waals surface area contributed by atoms with Gasteiger partial charge in [-0.15, -0.1) is 0 Å². The summed E-state index contributed by atoms with van der Waals surface area (Å²) in [4.78, 5) is 36.2. The molecule has 3 N–H and O–H groups in total. The van der Waals surface area contributed by atoms with Gasteiger partial charge in [0, 0.05) is 13.0 Å². The van der Waals surface area contributed by atoms with Gasteiger partial charge in [0.25, 0.3) is 0 Å². The van der Waals surface area contributed by atoms with Crippen molar-refractivity contribution in [3.8, 4) is 11.5 Å². The molecule has 11 nitrogen and oxygen atoms in total. The van der Waals surface area contributed by atoms with Crippen LogP contribution >= 0.6 is 0 Å². The van der Waals surface area contributed by atoms with Crippen LogP contribution in [0.2, 0.25) is 0 Å². The van der Waals surface area contributed by atoms with Crippen molar-refractivity contribution in [3.63, 3.8) is 0 Å². The van der Waals surface area contributed by atoms with Gasteiger partial charge < -0.3 is 24.6 Å². The van der Waals surface area contributed by atoms with E-state index in [2.05, 4.69) is 14.8 Å². The van der Waals surface area contributed by atoms with Crippen LogP contribution in [0.3, 0.4) is 0 Å². The summed E-state index contributed by atoms with van der Waals surface area (Å²) in [7, 11) is -1.37. The van der Waals surface area contributed by atoms with Crippen LogP contribution in [-0.4, -0.2) is 52.2 Å². The predicted molar refractivity (Wildman–Crippen MR) is 140 cm³/mol. The summed E-state index contributed by atoms with van der Waals surface area (Å²) in [5, 5.41) is 12.5. The second-order valence-corrected chi connectivity index (χ2v) is 9.96. The van der Waals surface area contributed by atoms with Crippen LogP contribution in [0, 0.1) is 0 Å². The molecule has 0 saturated heterocycles. The normalized spacial score (nSPS) is 11.7. The molecular weight excluding hydrogens is 528 g/mol. The van der Waals surface area contributed by atoms with Crippen LogP contribution in [0.15, 0.2) is 77.7 Å². The number of aromatic carboxylic acids is 1. The fourth-order valence-electron chi connectivity index (χ4n) is 3.54. The van der Waals surface area contributed by atoms with E-state index in [0.29, 0.717) is 5.75 Å². The summed E-state index contributed by atoms with van der Waals surface area (Å²) in [6.45, 7) is -0.338. The van der Waals surface area contributed by atoms with Crippen LogP contribution in [0.4, 0.5) is 0 Å². The SMILES string of the molecule is COC(=O)COc1ccc(C(CC(=O)NCc2ccc(OC)cc2)NS(=O)(=O)c2ccccc2)cc1C(=O)O. The summed E-state index contributed by atoms with van der Waals surface area (Å²) >= 11 is 0. The number of carbonyl (C=O) groups is 3. The average molecular weight is 557 g/mol. The van der Waals surface area contributed by atoms with E-state index >= 15 is 0 Å². The molecule has 39 heavy (non-hydrogen) atoms. The lowest BCUT2D eigenvalue weighted by atomic mass is 10.0. The Morgan fingerprint density at radius 1 is 0.949 bits per heavy atom. The molecule has 0 aliphatic carbocycles. The molecular formula is C27H28N2O9S. The van der Waals surface area contributed by atoms with Crippen molar-refractivity contribution in [2.24, 2.45) is 0 Å². The monoisotopic (exact) mass is 556 g/mol. The number of carboxylic acid groups (broad SMARTS) is 1. The molecule has 1 atom stereocenters. The van der Waals surface area contributed by atoms with Crippen LogP contribution in [0.25, 0.3) is 0 Å². The molecule has 12 heteroatoms. The number of carbonyl (C=O) groups excluding carboxylic acids is 2. The molecule has 0 aromatic heterocycles. The fourth-order valence-corrected chi connectivity index (χ4v) is 4.78. The lowest BCUT2D eigenvalue weighted by Crippen LogP contribution is -2.33. The first-order chi connectivity index (χ1) is 18.6. The van der Waals surface area contributed by atoms with E-state index in [1.54, 1.807) is 49.6 Å². The Morgan fingerprint density at radius 2 is 1.64 bits per heavy atom. The van der Waals surface area contributed by atoms with Crippen molar-refractivity contribution in [2.75, 3.05) is 20.8 Å². The molecule has 0 saturated carbocycles. The number of esters is 1. The van der Waals surface area contributed by atoms with Gasteiger partial charge in [-0.3, -0.25) is 4.79 Å². The highest BCUT2D eigenvalue weighted by Gasteiger charge is 2.26. The summed E-state index contributed by atoms with van der Waals surface area (Å²) in [5.41, 5.74) is 0.682. The first-order valence-corrected chi connectivity index (χ1v) is 13.1. The molecule has 3 aromatic rings. The third kappa shape index (κ3) is 8.28. The zero-order valence-corrected chi connectivity index (χ0v) is 22.1. The van der Waals surface area contributed by atoms with E-state index in [0.717, 1.165) is 12.7 Å². The molecule has 0 aliphatic heterocycles. The number of sulfonamides is 1. The summed E-state index contributed by atoms with van der Waals surface area (Å²) < 4.78 is 43.6. The minimum atomic E-state index is -4.08. The zero-order chi connectivity index (χ0) is 28.4. The number of nitrogens with one attached hydrogen (secondary N) is 2. The Labute approximate surface area is 225 Å². The topological polar surface area (TPSA) is 157 Å². The van der Waals surface area contributed by atoms with Crippen molar-refractivity contribution in [1.29, 1.82) is 0 Å². The largest absolute Gasteiger partial charge is 0.497 e. The minimum Gasteiger partial charge on any atom is -0.497 e. The number of hydrogen-bond donors (Lipinski definition) is 3. The van der Waals surface area contributed by atoms with Gasteiger partial charge in [-0.25, -0.2) is 22.7 Å². The van der Waals surface area contributed by atoms with Crippen LogP contribution in [-0.2, 0) is 30.9 Å². The number of carboxylic acids is 1. The van der Waals surface area contributed by atoms with Crippen LogP contribution < -0.4 is 19.5 Å². The molecule has 0 aliphatic rings. The third-order valence-electron chi connectivity index (χ3n) is 5.60. The zero-order valence-electron chi connectivity index (χ0n) is 21.2. The Hall–Kier alpha value is -4.42. The van der Waals surface area contributed by atoms with Crippen molar-refractivity contribution >= 4 is 27.9 Å². The maximum atomic E-state index is 13.1. The Kier molecular flexibility index (Phi) is 10.0. The van der Waals surface area contributed by atoms with Gasteiger partial charge in [-0.1, -0.05) is 36.4 Å². The summed E-state index contributed by atoms with van der Waals surface area (Å²) in [5.74, 6) is -2.02. The van der Waals surface area contributed by atoms with E-state index in [4.69, 9.17) is 9.47 Å². The number of benzene rings is 3. The Bertz CT molecular complexity index is 1410. The maximum Gasteiger partial charge on any atom is 0.343 e. The number of rotatable bonds is 13. The first-order valence-electron chi connectivity index (χ1n) is 11.7. The van der Waals surface area contributed by atoms with E-state index in [1.807, 2.05) is 0 Å². The number of methoxy groups -OCH3 is 2. The average Bonchev–Trinajstić information content (AvgIpc) is 2.94. The molecule has 1 unspecified atom stereocenters. The van der Waals surface area contributed by atoms with Gasteiger partial charge in [0.15, 0.2) is 6.61 Å². The third-order valence-corrected chi connectivity index (χ3v) is 7.09. The quantitative estimate of drug-likeness (QED) is 0.269. The number of amides is 1. The molecule has 1 amide bonds. The van der Waals surface area contributed by atoms with Gasteiger partial charge in [0.2, 0.25) is 15.9 Å².